The van der Waals surface area contributed by atoms with Crippen LogP contribution in [0, 0.1) is 0 Å². The summed E-state index contributed by atoms with van der Waals surface area (Å²) in [6.07, 6.45) is -0.356. The van der Waals surface area contributed by atoms with E-state index in [2.05, 4.69) is 9.97 Å². The summed E-state index contributed by atoms with van der Waals surface area (Å²) in [6, 6.07) is 3.26. The lowest BCUT2D eigenvalue weighted by molar-refractivity contribution is 0.371. The second-order valence-corrected chi connectivity index (χ2v) is 5.98. The number of rotatable bonds is 2. The molecular weight excluding hydrogens is 259 g/mol. The van der Waals surface area contributed by atoms with Crippen molar-refractivity contribution >= 4 is 40.9 Å². The van der Waals surface area contributed by atoms with Gasteiger partial charge in [0, 0.05) is 0 Å². The van der Waals surface area contributed by atoms with Gasteiger partial charge in [0.05, 0.1) is 0 Å². The third-order valence-electron chi connectivity index (χ3n) is 1.61. The van der Waals surface area contributed by atoms with Crippen molar-refractivity contribution in [3.63, 3.8) is 0 Å². The topological polar surface area (TPSA) is 83.3 Å². The molecule has 5 nitrogen and oxygen atoms in total. The highest BCUT2D eigenvalue weighted by molar-refractivity contribution is 7.51. The Labute approximate surface area is 93.9 Å². The number of fused-ring (bicyclic) bond motifs is 1. The summed E-state index contributed by atoms with van der Waals surface area (Å²) in [5.74, 6) is 0. The van der Waals surface area contributed by atoms with Crippen LogP contribution in [0.3, 0.4) is 0 Å². The number of aromatic nitrogens is 2. The van der Waals surface area contributed by atoms with Crippen molar-refractivity contribution in [3.8, 4) is 0 Å². The van der Waals surface area contributed by atoms with Crippen LogP contribution in [-0.4, -0.2) is 19.8 Å². The van der Waals surface area contributed by atoms with Gasteiger partial charge in [0.25, 0.3) is 0 Å². The van der Waals surface area contributed by atoms with E-state index in [4.69, 9.17) is 21.4 Å². The van der Waals surface area contributed by atoms with Crippen molar-refractivity contribution in [1.29, 1.82) is 0 Å². The van der Waals surface area contributed by atoms with Crippen molar-refractivity contribution < 1.29 is 14.4 Å². The van der Waals surface area contributed by atoms with Gasteiger partial charge in [0.2, 0.25) is 0 Å². The molecule has 0 bridgehead atoms. The maximum atomic E-state index is 10.8. The molecule has 0 saturated carbocycles. The van der Waals surface area contributed by atoms with Gasteiger partial charge < -0.3 is 9.79 Å². The Morgan fingerprint density at radius 3 is 2.80 bits per heavy atom. The van der Waals surface area contributed by atoms with E-state index in [1.165, 1.54) is 0 Å². The molecule has 2 N–H and O–H groups in total. The summed E-state index contributed by atoms with van der Waals surface area (Å²) in [5.41, 5.74) is 0.604. The van der Waals surface area contributed by atoms with E-state index in [0.717, 1.165) is 11.3 Å². The van der Waals surface area contributed by atoms with Gasteiger partial charge in [0.15, 0.2) is 0 Å². The second-order valence-electron chi connectivity index (χ2n) is 2.89. The molecule has 2 rings (SSSR count). The number of hydrogen-bond donors (Lipinski definition) is 2. The number of thiazole rings is 1. The van der Waals surface area contributed by atoms with E-state index in [1.54, 1.807) is 12.1 Å². The molecule has 0 atom stereocenters. The van der Waals surface area contributed by atoms with Crippen LogP contribution in [0.25, 0.3) is 10.3 Å². The third kappa shape index (κ3) is 2.74. The summed E-state index contributed by atoms with van der Waals surface area (Å²) in [6.45, 7) is 0. The highest BCUT2D eigenvalue weighted by Gasteiger charge is 2.17. The molecule has 2 aromatic rings. The Bertz CT molecular complexity index is 552. The van der Waals surface area contributed by atoms with Crippen LogP contribution in [-0.2, 0) is 10.7 Å². The maximum Gasteiger partial charge on any atom is 0.332 e. The minimum Gasteiger partial charge on any atom is -0.324 e. The monoisotopic (exact) mass is 264 g/mol. The summed E-state index contributed by atoms with van der Waals surface area (Å²) in [4.78, 5) is 26.2. The molecular formula is C7H6ClN2O3PS. The molecule has 15 heavy (non-hydrogen) atoms. The first-order valence-corrected chi connectivity index (χ1v) is 6.90. The van der Waals surface area contributed by atoms with Gasteiger partial charge in [-0.15, -0.1) is 0 Å². The zero-order valence-corrected chi connectivity index (χ0v) is 9.76. The summed E-state index contributed by atoms with van der Waals surface area (Å²) in [7, 11) is -4.07. The van der Waals surface area contributed by atoms with Crippen molar-refractivity contribution in [1.82, 2.24) is 9.97 Å². The summed E-state index contributed by atoms with van der Waals surface area (Å²) < 4.78 is 10.8. The quantitative estimate of drug-likeness (QED) is 0.640. The average molecular weight is 265 g/mol. The van der Waals surface area contributed by atoms with Crippen LogP contribution in [0.5, 0.6) is 0 Å². The Kier molecular flexibility index (Phi) is 2.79. The van der Waals surface area contributed by atoms with Crippen LogP contribution in [0.1, 0.15) is 5.01 Å². The fourth-order valence-corrected chi connectivity index (χ4v) is 3.20. The molecule has 80 valence electrons. The summed E-state index contributed by atoms with van der Waals surface area (Å²) in [5, 5.41) is 0.710. The van der Waals surface area contributed by atoms with Crippen molar-refractivity contribution in [3.05, 3.63) is 22.3 Å². The first kappa shape index (κ1) is 11.0. The predicted molar refractivity (Wildman–Crippen MR) is 58.2 cm³/mol. The van der Waals surface area contributed by atoms with Crippen molar-refractivity contribution in [2.75, 3.05) is 0 Å². The highest BCUT2D eigenvalue weighted by Crippen LogP contribution is 2.40. The van der Waals surface area contributed by atoms with Gasteiger partial charge in [-0.25, -0.2) is 9.97 Å². The zero-order chi connectivity index (χ0) is 11.1. The van der Waals surface area contributed by atoms with Gasteiger partial charge in [-0.05, 0) is 12.1 Å². The largest absolute Gasteiger partial charge is 0.332 e. The minimum atomic E-state index is -4.07. The van der Waals surface area contributed by atoms with E-state index in [9.17, 15) is 4.57 Å². The molecule has 0 aliphatic heterocycles. The van der Waals surface area contributed by atoms with Crippen LogP contribution in [0.2, 0.25) is 5.15 Å². The lowest BCUT2D eigenvalue weighted by Gasteiger charge is -1.97. The minimum absolute atomic E-state index is 0.342. The van der Waals surface area contributed by atoms with Gasteiger partial charge in [-0.1, -0.05) is 22.9 Å². The SMILES string of the molecule is O=P(O)(O)Cc1nc2ccc(Cl)nc2s1. The highest BCUT2D eigenvalue weighted by atomic mass is 35.5. The second kappa shape index (κ2) is 3.81. The lowest BCUT2D eigenvalue weighted by atomic mass is 10.5. The normalized spacial score (nSPS) is 12.2. The first-order chi connectivity index (χ1) is 6.94. The van der Waals surface area contributed by atoms with E-state index >= 15 is 0 Å². The molecule has 2 aromatic heterocycles. The Morgan fingerprint density at radius 1 is 1.40 bits per heavy atom. The predicted octanol–water partition coefficient (Wildman–Crippen LogP) is 2.02. The lowest BCUT2D eigenvalue weighted by Crippen LogP contribution is -1.84. The number of pyridine rings is 1. The van der Waals surface area contributed by atoms with Crippen molar-refractivity contribution in [2.24, 2.45) is 0 Å². The van der Waals surface area contributed by atoms with E-state index in [0.29, 0.717) is 20.5 Å². The molecule has 0 saturated heterocycles. The van der Waals surface area contributed by atoms with E-state index in [-0.39, 0.29) is 6.16 Å². The molecule has 0 amide bonds. The molecule has 0 unspecified atom stereocenters. The van der Waals surface area contributed by atoms with Crippen LogP contribution >= 0.6 is 30.5 Å². The molecule has 0 aliphatic carbocycles. The van der Waals surface area contributed by atoms with E-state index in [1.807, 2.05) is 0 Å². The molecule has 0 fully saturated rings. The van der Waals surface area contributed by atoms with Gasteiger partial charge in [-0.2, -0.15) is 0 Å². The van der Waals surface area contributed by atoms with E-state index < -0.39 is 7.60 Å². The van der Waals surface area contributed by atoms with Crippen molar-refractivity contribution in [2.45, 2.75) is 6.16 Å². The van der Waals surface area contributed by atoms with Gasteiger partial charge in [0.1, 0.15) is 26.7 Å². The van der Waals surface area contributed by atoms with Crippen LogP contribution in [0.15, 0.2) is 12.1 Å². The molecule has 8 heteroatoms. The third-order valence-corrected chi connectivity index (χ3v) is 3.71. The molecule has 0 spiro atoms. The first-order valence-electron chi connectivity index (χ1n) is 3.90. The number of halogens is 1. The Morgan fingerprint density at radius 2 is 2.13 bits per heavy atom. The Balaban J connectivity index is 2.43. The number of hydrogen-bond acceptors (Lipinski definition) is 4. The van der Waals surface area contributed by atoms with Crippen LogP contribution < -0.4 is 0 Å². The van der Waals surface area contributed by atoms with Gasteiger partial charge >= 0.3 is 7.60 Å². The smallest absolute Gasteiger partial charge is 0.324 e. The standard InChI is InChI=1S/C7H6ClN2O3PS/c8-5-2-1-4-7(10-5)15-6(9-4)3-14(11,12)13/h1-2H,3H2,(H2,11,12,13). The molecule has 0 radical (unpaired) electrons. The Hall–Kier alpha value is -0.520. The van der Waals surface area contributed by atoms with Gasteiger partial charge in [-0.3, -0.25) is 4.57 Å². The fraction of sp³-hybridized carbons (Fsp3) is 0.143. The van der Waals surface area contributed by atoms with Crippen LogP contribution in [0.4, 0.5) is 0 Å². The number of nitrogens with zero attached hydrogens (tertiary/aromatic N) is 2. The molecule has 0 aromatic carbocycles. The molecule has 0 aliphatic rings. The zero-order valence-electron chi connectivity index (χ0n) is 7.29. The summed E-state index contributed by atoms with van der Waals surface area (Å²) >= 11 is 6.81. The average Bonchev–Trinajstić information content (AvgIpc) is 2.42. The fourth-order valence-electron chi connectivity index (χ4n) is 1.08. The molecule has 2 heterocycles. The maximum absolute atomic E-state index is 10.8.